The molecule has 180 valence electrons. The van der Waals surface area contributed by atoms with Crippen molar-refractivity contribution >= 4 is 39.2 Å². The molecule has 8 nitrogen and oxygen atoms in total. The molecule has 0 amide bonds. The van der Waals surface area contributed by atoms with Gasteiger partial charge in [0, 0.05) is 34.8 Å². The zero-order valence-corrected chi connectivity index (χ0v) is 20.8. The fraction of sp³-hybridized carbons (Fsp3) is 0.500. The van der Waals surface area contributed by atoms with Gasteiger partial charge in [0.25, 0.3) is 0 Å². The minimum Gasteiger partial charge on any atom is -0.482 e. The van der Waals surface area contributed by atoms with E-state index in [4.69, 9.17) is 32.7 Å². The topological polar surface area (TPSA) is 92.2 Å². The molecule has 1 aromatic carbocycles. The molecule has 0 spiro atoms. The maximum atomic E-state index is 13.6. The maximum Gasteiger partial charge on any atom is 0.305 e. The first-order chi connectivity index (χ1) is 15.7. The quantitative estimate of drug-likeness (QED) is 0.629. The van der Waals surface area contributed by atoms with Gasteiger partial charge in [0.1, 0.15) is 12.7 Å². The molecule has 3 atom stereocenters. The number of hydrogen-bond donors (Lipinski definition) is 1. The van der Waals surface area contributed by atoms with Crippen molar-refractivity contribution in [3.05, 3.63) is 45.9 Å². The van der Waals surface area contributed by atoms with Crippen molar-refractivity contribution in [1.82, 2.24) is 9.29 Å². The third-order valence-corrected chi connectivity index (χ3v) is 8.32. The van der Waals surface area contributed by atoms with Crippen LogP contribution in [0.15, 0.2) is 30.3 Å². The van der Waals surface area contributed by atoms with Crippen LogP contribution in [0.4, 0.5) is 5.82 Å². The predicted octanol–water partition coefficient (Wildman–Crippen LogP) is 3.75. The Labute approximate surface area is 204 Å². The van der Waals surface area contributed by atoms with Gasteiger partial charge in [-0.15, -0.1) is 0 Å². The van der Waals surface area contributed by atoms with Crippen LogP contribution in [0.2, 0.25) is 10.0 Å². The zero-order chi connectivity index (χ0) is 23.8. The Bertz CT molecular complexity index is 1090. The van der Waals surface area contributed by atoms with Crippen LogP contribution in [0.3, 0.4) is 0 Å². The zero-order valence-electron chi connectivity index (χ0n) is 18.4. The average molecular weight is 516 g/mol. The van der Waals surface area contributed by atoms with E-state index in [1.54, 1.807) is 30.3 Å². The average Bonchev–Trinajstić information content (AvgIpc) is 2.77. The second-order valence-corrected chi connectivity index (χ2v) is 11.4. The molecule has 1 aromatic heterocycles. The number of ether oxygens (including phenoxy) is 2. The lowest BCUT2D eigenvalue weighted by atomic mass is 9.94. The summed E-state index contributed by atoms with van der Waals surface area (Å²) in [4.78, 5) is 4.44. The number of hydrogen-bond acceptors (Lipinski definition) is 6. The number of pyridine rings is 1. The molecule has 0 saturated carbocycles. The van der Waals surface area contributed by atoms with Gasteiger partial charge in [-0.3, -0.25) is 0 Å². The molecule has 0 radical (unpaired) electrons. The van der Waals surface area contributed by atoms with Crippen molar-refractivity contribution in [2.24, 2.45) is 11.8 Å². The van der Waals surface area contributed by atoms with Crippen LogP contribution < -0.4 is 13.8 Å². The first kappa shape index (κ1) is 24.3. The molecule has 11 heteroatoms. The summed E-state index contributed by atoms with van der Waals surface area (Å²) in [7, 11) is -3.89. The van der Waals surface area contributed by atoms with Crippen LogP contribution in [0.5, 0.6) is 11.6 Å². The van der Waals surface area contributed by atoms with Crippen LogP contribution in [-0.2, 0) is 16.8 Å². The summed E-state index contributed by atoms with van der Waals surface area (Å²) in [5.41, 5.74) is 0.609. The van der Waals surface area contributed by atoms with Crippen molar-refractivity contribution < 1.29 is 23.0 Å². The Balaban J connectivity index is 1.64. The van der Waals surface area contributed by atoms with E-state index in [0.29, 0.717) is 28.7 Å². The summed E-state index contributed by atoms with van der Waals surface area (Å²) in [6, 6.07) is 8.34. The maximum absolute atomic E-state index is 13.6. The molecule has 0 aliphatic carbocycles. The monoisotopic (exact) mass is 515 g/mol. The normalized spacial score (nSPS) is 23.7. The second kappa shape index (κ2) is 9.84. The number of aromatic nitrogens is 1. The minimum absolute atomic E-state index is 0.0438. The molecule has 33 heavy (non-hydrogen) atoms. The van der Waals surface area contributed by atoms with E-state index in [-0.39, 0.29) is 49.0 Å². The van der Waals surface area contributed by atoms with Crippen LogP contribution in [-0.4, -0.2) is 55.2 Å². The number of fused-ring (bicyclic) bond motifs is 1. The van der Waals surface area contributed by atoms with Gasteiger partial charge >= 0.3 is 10.2 Å². The molecule has 1 saturated heterocycles. The van der Waals surface area contributed by atoms with E-state index in [9.17, 15) is 13.5 Å². The lowest BCUT2D eigenvalue weighted by Gasteiger charge is -2.40. The highest BCUT2D eigenvalue weighted by atomic mass is 35.5. The van der Waals surface area contributed by atoms with Crippen LogP contribution in [0.25, 0.3) is 0 Å². The van der Waals surface area contributed by atoms with Crippen molar-refractivity contribution in [2.75, 3.05) is 30.5 Å². The molecule has 2 aliphatic rings. The van der Waals surface area contributed by atoms with Gasteiger partial charge in [0.2, 0.25) is 5.88 Å². The number of rotatable bonds is 6. The summed E-state index contributed by atoms with van der Waals surface area (Å²) >= 11 is 12.4. The molecule has 2 aromatic rings. The van der Waals surface area contributed by atoms with Gasteiger partial charge in [0.15, 0.2) is 11.6 Å². The van der Waals surface area contributed by atoms with Crippen molar-refractivity contribution in [1.29, 1.82) is 0 Å². The highest BCUT2D eigenvalue weighted by molar-refractivity contribution is 7.90. The molecule has 1 N–H and O–H groups in total. The fourth-order valence-electron chi connectivity index (χ4n) is 4.31. The highest BCUT2D eigenvalue weighted by Crippen LogP contribution is 2.37. The van der Waals surface area contributed by atoms with E-state index >= 15 is 0 Å². The largest absolute Gasteiger partial charge is 0.482 e. The Morgan fingerprint density at radius 2 is 1.79 bits per heavy atom. The third-order valence-electron chi connectivity index (χ3n) is 5.78. The van der Waals surface area contributed by atoms with E-state index in [1.165, 1.54) is 8.61 Å². The summed E-state index contributed by atoms with van der Waals surface area (Å²) in [6.45, 7) is 4.67. The van der Waals surface area contributed by atoms with Crippen LogP contribution in [0, 0.1) is 11.8 Å². The number of piperidine rings is 1. The summed E-state index contributed by atoms with van der Waals surface area (Å²) in [5, 5.41) is 10.6. The Hall–Kier alpha value is -1.78. The SMILES string of the molecule is CC1CC(C)CN(S(=O)(=O)N2CC(CO)Oc3ccc(OCc4c(Cl)cccc4Cl)nc32)C1. The summed E-state index contributed by atoms with van der Waals surface area (Å²) in [5.74, 6) is 1.11. The van der Waals surface area contributed by atoms with Gasteiger partial charge in [-0.1, -0.05) is 43.1 Å². The first-order valence-electron chi connectivity index (χ1n) is 10.8. The van der Waals surface area contributed by atoms with Crippen molar-refractivity contribution in [3.63, 3.8) is 0 Å². The summed E-state index contributed by atoms with van der Waals surface area (Å²) in [6.07, 6.45) is 0.286. The molecular formula is C22H27Cl2N3O5S. The van der Waals surface area contributed by atoms with E-state index in [0.717, 1.165) is 6.42 Å². The summed E-state index contributed by atoms with van der Waals surface area (Å²) < 4.78 is 41.5. The Morgan fingerprint density at radius 1 is 1.12 bits per heavy atom. The Morgan fingerprint density at radius 3 is 2.42 bits per heavy atom. The fourth-order valence-corrected chi connectivity index (χ4v) is 6.68. The van der Waals surface area contributed by atoms with Gasteiger partial charge < -0.3 is 14.6 Å². The standard InChI is InChI=1S/C22H27Cl2N3O5S/c1-14-8-15(2)10-26(9-14)33(29,30)27-11-16(12-28)32-20-6-7-21(25-22(20)27)31-13-17-18(23)4-3-5-19(17)24/h3-7,14-16,28H,8-13H2,1-2H3. The van der Waals surface area contributed by atoms with E-state index < -0.39 is 16.3 Å². The van der Waals surface area contributed by atoms with Gasteiger partial charge in [0.05, 0.1) is 13.2 Å². The lowest BCUT2D eigenvalue weighted by molar-refractivity contribution is 0.114. The number of anilines is 1. The van der Waals surface area contributed by atoms with Crippen LogP contribution >= 0.6 is 23.2 Å². The van der Waals surface area contributed by atoms with Gasteiger partial charge in [-0.25, -0.2) is 4.31 Å². The molecule has 3 unspecified atom stereocenters. The molecule has 2 aliphatic heterocycles. The number of aliphatic hydroxyl groups is 1. The van der Waals surface area contributed by atoms with Crippen molar-refractivity contribution in [2.45, 2.75) is 33.0 Å². The lowest BCUT2D eigenvalue weighted by Crippen LogP contribution is -2.54. The molecular weight excluding hydrogens is 489 g/mol. The molecule has 4 rings (SSSR count). The van der Waals surface area contributed by atoms with Crippen LogP contribution in [0.1, 0.15) is 25.8 Å². The number of nitrogens with zero attached hydrogens (tertiary/aromatic N) is 3. The molecule has 1 fully saturated rings. The predicted molar refractivity (Wildman–Crippen MR) is 127 cm³/mol. The van der Waals surface area contributed by atoms with Gasteiger partial charge in [-0.2, -0.15) is 17.7 Å². The number of halogens is 2. The number of aliphatic hydroxyl groups excluding tert-OH is 1. The van der Waals surface area contributed by atoms with E-state index in [2.05, 4.69) is 4.98 Å². The first-order valence-corrected chi connectivity index (χ1v) is 13.0. The highest BCUT2D eigenvalue weighted by Gasteiger charge is 2.40. The molecule has 3 heterocycles. The second-order valence-electron chi connectivity index (χ2n) is 8.68. The van der Waals surface area contributed by atoms with E-state index in [1.807, 2.05) is 13.8 Å². The number of benzene rings is 1. The smallest absolute Gasteiger partial charge is 0.305 e. The minimum atomic E-state index is -3.89. The third kappa shape index (κ3) is 5.17. The Kier molecular flexibility index (Phi) is 7.26. The van der Waals surface area contributed by atoms with Crippen molar-refractivity contribution in [3.8, 4) is 11.6 Å². The molecule has 0 bridgehead atoms. The van der Waals surface area contributed by atoms with Gasteiger partial charge in [-0.05, 0) is 36.5 Å².